The van der Waals surface area contributed by atoms with Gasteiger partial charge in [0.1, 0.15) is 23.1 Å². The van der Waals surface area contributed by atoms with Crippen molar-refractivity contribution < 1.29 is 4.74 Å². The standard InChI is InChI=1S/C14H8Cl3NOS/c1-20-14-4-2-3-12(8(14)7-18)19-13-6-10(16)9(15)5-11(13)17/h2-6H,1H3. The minimum absolute atomic E-state index is 0.331. The SMILES string of the molecule is CSc1cccc(Oc2cc(Cl)c(Cl)cc2Cl)c1C#N. The number of halogens is 3. The molecular weight excluding hydrogens is 337 g/mol. The fourth-order valence-electron chi connectivity index (χ4n) is 1.58. The first-order chi connectivity index (χ1) is 9.56. The third-order valence-corrected chi connectivity index (χ3v) is 4.31. The van der Waals surface area contributed by atoms with Crippen LogP contribution in [0.1, 0.15) is 5.56 Å². The molecule has 0 unspecified atom stereocenters. The highest BCUT2D eigenvalue weighted by atomic mass is 35.5. The van der Waals surface area contributed by atoms with E-state index in [1.807, 2.05) is 18.4 Å². The van der Waals surface area contributed by atoms with Gasteiger partial charge in [-0.2, -0.15) is 5.26 Å². The van der Waals surface area contributed by atoms with Gasteiger partial charge in [0.05, 0.1) is 15.1 Å². The van der Waals surface area contributed by atoms with Gasteiger partial charge < -0.3 is 4.74 Å². The van der Waals surface area contributed by atoms with Gasteiger partial charge in [-0.25, -0.2) is 0 Å². The zero-order chi connectivity index (χ0) is 14.7. The van der Waals surface area contributed by atoms with Crippen LogP contribution in [0.25, 0.3) is 0 Å². The number of hydrogen-bond donors (Lipinski definition) is 0. The minimum atomic E-state index is 0.331. The summed E-state index contributed by atoms with van der Waals surface area (Å²) in [4.78, 5) is 0.834. The summed E-state index contributed by atoms with van der Waals surface area (Å²) >= 11 is 19.3. The Labute approximate surface area is 136 Å². The maximum atomic E-state index is 9.25. The lowest BCUT2D eigenvalue weighted by molar-refractivity contribution is 0.480. The lowest BCUT2D eigenvalue weighted by atomic mass is 10.2. The van der Waals surface area contributed by atoms with Crippen LogP contribution in [0.15, 0.2) is 35.2 Å². The van der Waals surface area contributed by atoms with Gasteiger partial charge in [0.25, 0.3) is 0 Å². The number of rotatable bonds is 3. The summed E-state index contributed by atoms with van der Waals surface area (Å²) in [6, 6.07) is 10.5. The van der Waals surface area contributed by atoms with Crippen molar-refractivity contribution in [3.63, 3.8) is 0 Å². The molecule has 0 aliphatic rings. The van der Waals surface area contributed by atoms with Crippen LogP contribution in [0.3, 0.4) is 0 Å². The molecule has 2 rings (SSSR count). The van der Waals surface area contributed by atoms with Crippen molar-refractivity contribution in [2.75, 3.05) is 6.26 Å². The van der Waals surface area contributed by atoms with E-state index in [-0.39, 0.29) is 0 Å². The van der Waals surface area contributed by atoms with Crippen molar-refractivity contribution in [1.29, 1.82) is 5.26 Å². The predicted molar refractivity (Wildman–Crippen MR) is 84.5 cm³/mol. The topological polar surface area (TPSA) is 33.0 Å². The molecule has 0 heterocycles. The van der Waals surface area contributed by atoms with Crippen LogP contribution < -0.4 is 4.74 Å². The number of nitriles is 1. The summed E-state index contributed by atoms with van der Waals surface area (Å²) in [7, 11) is 0. The van der Waals surface area contributed by atoms with Crippen LogP contribution >= 0.6 is 46.6 Å². The Bertz CT molecular complexity index is 698. The molecule has 20 heavy (non-hydrogen) atoms. The number of nitrogens with zero attached hydrogens (tertiary/aromatic N) is 1. The fraction of sp³-hybridized carbons (Fsp3) is 0.0714. The Morgan fingerprint density at radius 2 is 1.75 bits per heavy atom. The second kappa shape index (κ2) is 6.60. The third-order valence-electron chi connectivity index (χ3n) is 2.51. The Morgan fingerprint density at radius 3 is 2.40 bits per heavy atom. The maximum absolute atomic E-state index is 9.25. The Morgan fingerprint density at radius 1 is 1.05 bits per heavy atom. The number of thioether (sulfide) groups is 1. The van der Waals surface area contributed by atoms with Crippen molar-refractivity contribution in [2.24, 2.45) is 0 Å². The lowest BCUT2D eigenvalue weighted by Gasteiger charge is -2.11. The second-order valence-electron chi connectivity index (χ2n) is 3.74. The molecule has 0 aliphatic heterocycles. The van der Waals surface area contributed by atoms with Crippen LogP contribution in [0.4, 0.5) is 0 Å². The molecule has 0 amide bonds. The van der Waals surface area contributed by atoms with E-state index in [1.54, 1.807) is 6.07 Å². The first kappa shape index (κ1) is 15.3. The summed E-state index contributed by atoms with van der Waals surface area (Å²) in [6.45, 7) is 0. The van der Waals surface area contributed by atoms with E-state index in [2.05, 4.69) is 6.07 Å². The molecule has 6 heteroatoms. The van der Waals surface area contributed by atoms with Crippen molar-refractivity contribution in [3.05, 3.63) is 51.0 Å². The smallest absolute Gasteiger partial charge is 0.147 e. The zero-order valence-electron chi connectivity index (χ0n) is 10.3. The highest BCUT2D eigenvalue weighted by Crippen LogP contribution is 2.38. The highest BCUT2D eigenvalue weighted by Gasteiger charge is 2.13. The number of benzene rings is 2. The molecule has 0 saturated carbocycles. The Balaban J connectivity index is 2.46. The molecule has 0 N–H and O–H groups in total. The molecule has 2 aromatic rings. The summed E-state index contributed by atoms with van der Waals surface area (Å²) in [5.41, 5.74) is 0.460. The molecule has 0 aliphatic carbocycles. The van der Waals surface area contributed by atoms with E-state index in [1.165, 1.54) is 23.9 Å². The molecule has 0 saturated heterocycles. The molecular formula is C14H8Cl3NOS. The maximum Gasteiger partial charge on any atom is 0.147 e. The molecule has 2 nitrogen and oxygen atoms in total. The third kappa shape index (κ3) is 3.16. The minimum Gasteiger partial charge on any atom is -0.454 e. The molecule has 0 aromatic heterocycles. The van der Waals surface area contributed by atoms with E-state index in [0.29, 0.717) is 32.1 Å². The van der Waals surface area contributed by atoms with Crippen LogP contribution in [0, 0.1) is 11.3 Å². The zero-order valence-corrected chi connectivity index (χ0v) is 13.4. The first-order valence-corrected chi connectivity index (χ1v) is 7.82. The van der Waals surface area contributed by atoms with Gasteiger partial charge >= 0.3 is 0 Å². The first-order valence-electron chi connectivity index (χ1n) is 5.46. The highest BCUT2D eigenvalue weighted by molar-refractivity contribution is 7.98. The summed E-state index contributed by atoms with van der Waals surface area (Å²) in [5, 5.41) is 10.3. The van der Waals surface area contributed by atoms with Gasteiger partial charge in [0.15, 0.2) is 0 Å². The molecule has 0 bridgehead atoms. The van der Waals surface area contributed by atoms with E-state index in [4.69, 9.17) is 39.5 Å². The Hall–Kier alpha value is -1.05. The Kier molecular flexibility index (Phi) is 5.06. The molecule has 0 radical (unpaired) electrons. The van der Waals surface area contributed by atoms with E-state index in [0.717, 1.165) is 4.90 Å². The number of hydrogen-bond acceptors (Lipinski definition) is 3. The lowest BCUT2D eigenvalue weighted by Crippen LogP contribution is -1.91. The van der Waals surface area contributed by atoms with Crippen molar-refractivity contribution in [2.45, 2.75) is 4.90 Å². The van der Waals surface area contributed by atoms with Gasteiger partial charge in [-0.3, -0.25) is 0 Å². The average molecular weight is 345 g/mol. The van der Waals surface area contributed by atoms with Gasteiger partial charge in [-0.1, -0.05) is 40.9 Å². The largest absolute Gasteiger partial charge is 0.454 e. The van der Waals surface area contributed by atoms with Crippen molar-refractivity contribution in [3.8, 4) is 17.6 Å². The van der Waals surface area contributed by atoms with Crippen LogP contribution in [-0.4, -0.2) is 6.26 Å². The summed E-state index contributed by atoms with van der Waals surface area (Å²) in [5.74, 6) is 0.787. The molecule has 0 atom stereocenters. The van der Waals surface area contributed by atoms with Crippen LogP contribution in [0.5, 0.6) is 11.5 Å². The van der Waals surface area contributed by atoms with Crippen LogP contribution in [-0.2, 0) is 0 Å². The summed E-state index contributed by atoms with van der Waals surface area (Å²) < 4.78 is 5.70. The number of ether oxygens (including phenoxy) is 1. The molecule has 2 aromatic carbocycles. The predicted octanol–water partition coefficient (Wildman–Crippen LogP) is 6.03. The van der Waals surface area contributed by atoms with Crippen molar-refractivity contribution in [1.82, 2.24) is 0 Å². The van der Waals surface area contributed by atoms with Crippen LogP contribution in [0.2, 0.25) is 15.1 Å². The van der Waals surface area contributed by atoms with E-state index in [9.17, 15) is 5.26 Å². The molecule has 0 spiro atoms. The van der Waals surface area contributed by atoms with E-state index >= 15 is 0 Å². The second-order valence-corrected chi connectivity index (χ2v) is 5.81. The van der Waals surface area contributed by atoms with Crippen molar-refractivity contribution >= 4 is 46.6 Å². The van der Waals surface area contributed by atoms with Gasteiger partial charge in [-0.15, -0.1) is 11.8 Å². The summed E-state index contributed by atoms with van der Waals surface area (Å²) in [6.07, 6.45) is 1.89. The quantitative estimate of drug-likeness (QED) is 0.503. The van der Waals surface area contributed by atoms with Gasteiger partial charge in [-0.05, 0) is 24.5 Å². The average Bonchev–Trinajstić information content (AvgIpc) is 2.44. The fourth-order valence-corrected chi connectivity index (χ4v) is 2.72. The van der Waals surface area contributed by atoms with E-state index < -0.39 is 0 Å². The molecule has 0 fully saturated rings. The van der Waals surface area contributed by atoms with Gasteiger partial charge in [0.2, 0.25) is 0 Å². The van der Waals surface area contributed by atoms with Gasteiger partial charge in [0, 0.05) is 11.0 Å². The molecule has 102 valence electrons. The normalized spacial score (nSPS) is 10.2. The monoisotopic (exact) mass is 343 g/mol.